The van der Waals surface area contributed by atoms with Gasteiger partial charge in [-0.1, -0.05) is 30.3 Å². The lowest BCUT2D eigenvalue weighted by atomic mass is 10.1. The lowest BCUT2D eigenvalue weighted by molar-refractivity contribution is -0.176. The highest BCUT2D eigenvalue weighted by molar-refractivity contribution is 5.83. The van der Waals surface area contributed by atoms with Gasteiger partial charge >= 0.3 is 0 Å². The van der Waals surface area contributed by atoms with Crippen molar-refractivity contribution in [1.29, 1.82) is 5.41 Å². The number of amidine groups is 1. The van der Waals surface area contributed by atoms with E-state index >= 15 is 0 Å². The number of nitrogens with one attached hydrogen (secondary N) is 1. The van der Waals surface area contributed by atoms with E-state index in [1.807, 2.05) is 30.3 Å². The average Bonchev–Trinajstić information content (AvgIpc) is 2.38. The molecule has 2 rings (SSSR count). The zero-order valence-electron chi connectivity index (χ0n) is 9.76. The molecule has 17 heavy (non-hydrogen) atoms. The van der Waals surface area contributed by atoms with Gasteiger partial charge < -0.3 is 15.2 Å². The fourth-order valence-corrected chi connectivity index (χ4v) is 1.93. The van der Waals surface area contributed by atoms with Gasteiger partial charge in [0.05, 0.1) is 0 Å². The third-order valence-electron chi connectivity index (χ3n) is 2.81. The molecule has 0 amide bonds. The quantitative estimate of drug-likeness (QED) is 0.620. The van der Waals surface area contributed by atoms with Gasteiger partial charge in [0.2, 0.25) is 0 Å². The van der Waals surface area contributed by atoms with Gasteiger partial charge in [0.15, 0.2) is 6.29 Å². The summed E-state index contributed by atoms with van der Waals surface area (Å²) in [6.45, 7) is 0.726. The van der Waals surface area contributed by atoms with E-state index in [1.54, 1.807) is 0 Å². The van der Waals surface area contributed by atoms with Gasteiger partial charge in [-0.15, -0.1) is 0 Å². The van der Waals surface area contributed by atoms with Gasteiger partial charge in [0.25, 0.3) is 0 Å². The summed E-state index contributed by atoms with van der Waals surface area (Å²) in [6.07, 6.45) is 2.31. The molecule has 1 saturated heterocycles. The first kappa shape index (κ1) is 12.1. The van der Waals surface area contributed by atoms with Crippen LogP contribution in [0.2, 0.25) is 0 Å². The molecule has 0 bridgehead atoms. The smallest absolute Gasteiger partial charge is 0.159 e. The standard InChI is InChI=1S/C13H18N2O2/c14-13(15)12(10-6-2-1-3-7-10)17-11-8-4-5-9-16-11/h1-3,6-7,11-12H,4-5,8-9H2,(H3,14,15)/t11-,12-/m1/s1. The van der Waals surface area contributed by atoms with Gasteiger partial charge in [0.1, 0.15) is 11.9 Å². The van der Waals surface area contributed by atoms with Crippen molar-refractivity contribution in [2.45, 2.75) is 31.7 Å². The summed E-state index contributed by atoms with van der Waals surface area (Å²) in [7, 11) is 0. The number of hydrogen-bond acceptors (Lipinski definition) is 3. The first-order valence-corrected chi connectivity index (χ1v) is 5.93. The van der Waals surface area contributed by atoms with E-state index < -0.39 is 6.10 Å². The largest absolute Gasteiger partial charge is 0.385 e. The molecular weight excluding hydrogens is 216 g/mol. The van der Waals surface area contributed by atoms with E-state index in [2.05, 4.69) is 0 Å². The Bertz CT molecular complexity index is 361. The van der Waals surface area contributed by atoms with Gasteiger partial charge in [-0.05, 0) is 24.8 Å². The van der Waals surface area contributed by atoms with E-state index in [9.17, 15) is 0 Å². The molecule has 1 aliphatic rings. The Labute approximate surface area is 101 Å². The molecule has 2 atom stereocenters. The first-order chi connectivity index (χ1) is 8.27. The van der Waals surface area contributed by atoms with Crippen LogP contribution in [0.15, 0.2) is 30.3 Å². The van der Waals surface area contributed by atoms with Gasteiger partial charge in [-0.3, -0.25) is 5.41 Å². The monoisotopic (exact) mass is 234 g/mol. The number of rotatable bonds is 4. The Kier molecular flexibility index (Phi) is 4.12. The molecule has 0 unspecified atom stereocenters. The normalized spacial score (nSPS) is 22.0. The Hall–Kier alpha value is -1.39. The maximum absolute atomic E-state index is 7.60. The van der Waals surface area contributed by atoms with Crippen LogP contribution in [0, 0.1) is 5.41 Å². The highest BCUT2D eigenvalue weighted by Crippen LogP contribution is 2.23. The van der Waals surface area contributed by atoms with Crippen LogP contribution >= 0.6 is 0 Å². The molecular formula is C13H18N2O2. The predicted molar refractivity (Wildman–Crippen MR) is 65.8 cm³/mol. The molecule has 4 nitrogen and oxygen atoms in total. The zero-order chi connectivity index (χ0) is 12.1. The minimum atomic E-state index is -0.501. The maximum atomic E-state index is 7.60. The molecule has 92 valence electrons. The van der Waals surface area contributed by atoms with Crippen molar-refractivity contribution < 1.29 is 9.47 Å². The summed E-state index contributed by atoms with van der Waals surface area (Å²) in [4.78, 5) is 0. The fourth-order valence-electron chi connectivity index (χ4n) is 1.93. The van der Waals surface area contributed by atoms with Crippen molar-refractivity contribution in [3.05, 3.63) is 35.9 Å². The van der Waals surface area contributed by atoms with Crippen molar-refractivity contribution in [2.24, 2.45) is 5.73 Å². The fraction of sp³-hybridized carbons (Fsp3) is 0.462. The number of nitrogens with two attached hydrogens (primary N) is 1. The Balaban J connectivity index is 2.05. The Morgan fingerprint density at radius 3 is 2.71 bits per heavy atom. The minimum Gasteiger partial charge on any atom is -0.385 e. The lowest BCUT2D eigenvalue weighted by Gasteiger charge is -2.27. The third kappa shape index (κ3) is 3.28. The highest BCUT2D eigenvalue weighted by Gasteiger charge is 2.22. The number of ether oxygens (including phenoxy) is 2. The molecule has 4 heteroatoms. The van der Waals surface area contributed by atoms with Crippen molar-refractivity contribution in [3.63, 3.8) is 0 Å². The van der Waals surface area contributed by atoms with Crippen molar-refractivity contribution in [3.8, 4) is 0 Å². The second-order valence-corrected chi connectivity index (χ2v) is 4.18. The van der Waals surface area contributed by atoms with Crippen LogP contribution in [0.4, 0.5) is 0 Å². The molecule has 0 radical (unpaired) electrons. The molecule has 1 fully saturated rings. The van der Waals surface area contributed by atoms with Gasteiger partial charge in [-0.25, -0.2) is 0 Å². The Morgan fingerprint density at radius 2 is 2.12 bits per heavy atom. The van der Waals surface area contributed by atoms with E-state index in [0.29, 0.717) is 0 Å². The van der Waals surface area contributed by atoms with Crippen molar-refractivity contribution >= 4 is 5.84 Å². The molecule has 1 heterocycles. The first-order valence-electron chi connectivity index (χ1n) is 5.93. The highest BCUT2D eigenvalue weighted by atomic mass is 16.7. The SMILES string of the molecule is N=C(N)[C@H](O[C@@H]1CCCCO1)c1ccccc1. The summed E-state index contributed by atoms with van der Waals surface area (Å²) in [5.74, 6) is 0.0189. The maximum Gasteiger partial charge on any atom is 0.159 e. The molecule has 1 aliphatic heterocycles. The van der Waals surface area contributed by atoms with Crippen molar-refractivity contribution in [2.75, 3.05) is 6.61 Å². The Morgan fingerprint density at radius 1 is 1.35 bits per heavy atom. The topological polar surface area (TPSA) is 68.3 Å². The van der Waals surface area contributed by atoms with E-state index in [-0.39, 0.29) is 12.1 Å². The summed E-state index contributed by atoms with van der Waals surface area (Å²) in [5, 5.41) is 7.60. The summed E-state index contributed by atoms with van der Waals surface area (Å²) < 4.78 is 11.3. The van der Waals surface area contributed by atoms with E-state index in [0.717, 1.165) is 31.4 Å². The summed E-state index contributed by atoms with van der Waals surface area (Å²) in [6, 6.07) is 9.58. The van der Waals surface area contributed by atoms with Gasteiger partial charge in [-0.2, -0.15) is 0 Å². The van der Waals surface area contributed by atoms with Crippen LogP contribution in [0.1, 0.15) is 30.9 Å². The number of hydrogen-bond donors (Lipinski definition) is 2. The van der Waals surface area contributed by atoms with Crippen LogP contribution in [-0.4, -0.2) is 18.7 Å². The molecule has 1 aromatic carbocycles. The second kappa shape index (κ2) is 5.80. The molecule has 0 saturated carbocycles. The molecule has 0 aliphatic carbocycles. The molecule has 0 spiro atoms. The number of benzene rings is 1. The lowest BCUT2D eigenvalue weighted by Crippen LogP contribution is -2.30. The summed E-state index contributed by atoms with van der Waals surface area (Å²) >= 11 is 0. The van der Waals surface area contributed by atoms with Crippen LogP contribution in [0.25, 0.3) is 0 Å². The predicted octanol–water partition coefficient (Wildman–Crippen LogP) is 2.21. The van der Waals surface area contributed by atoms with Crippen LogP contribution in [0.3, 0.4) is 0 Å². The minimum absolute atomic E-state index is 0.0189. The van der Waals surface area contributed by atoms with Crippen molar-refractivity contribution in [1.82, 2.24) is 0 Å². The molecule has 1 aromatic rings. The molecule has 0 aromatic heterocycles. The second-order valence-electron chi connectivity index (χ2n) is 4.18. The van der Waals surface area contributed by atoms with E-state index in [1.165, 1.54) is 0 Å². The third-order valence-corrected chi connectivity index (χ3v) is 2.81. The molecule has 3 N–H and O–H groups in total. The van der Waals surface area contributed by atoms with E-state index in [4.69, 9.17) is 20.6 Å². The average molecular weight is 234 g/mol. The zero-order valence-corrected chi connectivity index (χ0v) is 9.76. The van der Waals surface area contributed by atoms with Gasteiger partial charge in [0, 0.05) is 6.61 Å². The van der Waals surface area contributed by atoms with Crippen LogP contribution < -0.4 is 5.73 Å². The summed E-state index contributed by atoms with van der Waals surface area (Å²) in [5.41, 5.74) is 6.49. The van der Waals surface area contributed by atoms with Crippen LogP contribution in [-0.2, 0) is 9.47 Å². The van der Waals surface area contributed by atoms with Crippen LogP contribution in [0.5, 0.6) is 0 Å².